The largest absolute Gasteiger partial charge is 0.484 e. The summed E-state index contributed by atoms with van der Waals surface area (Å²) in [5, 5.41) is 35.5. The predicted octanol–water partition coefficient (Wildman–Crippen LogP) is 6.41. The maximum atomic E-state index is 13.6. The van der Waals surface area contributed by atoms with Crippen molar-refractivity contribution in [2.75, 3.05) is 130 Å². The molecule has 4 aliphatic heterocycles. The van der Waals surface area contributed by atoms with Crippen LogP contribution in [0.2, 0.25) is 10.0 Å². The Kier molecular flexibility index (Phi) is 24.4. The lowest BCUT2D eigenvalue weighted by Crippen LogP contribution is -2.54. The number of fused-ring (bicyclic) bond motifs is 2. The molecule has 92 heavy (non-hydrogen) atoms. The van der Waals surface area contributed by atoms with Gasteiger partial charge in [-0.15, -0.1) is 0 Å². The van der Waals surface area contributed by atoms with Gasteiger partial charge in [-0.2, -0.15) is 10.5 Å². The van der Waals surface area contributed by atoms with Crippen LogP contribution in [-0.2, 0) is 42.2 Å². The van der Waals surface area contributed by atoms with Crippen LogP contribution in [0.3, 0.4) is 0 Å². The smallest absolute Gasteiger partial charge is 0.314 e. The van der Waals surface area contributed by atoms with Crippen LogP contribution in [0.25, 0.3) is 0 Å². The molecule has 0 radical (unpaired) electrons. The van der Waals surface area contributed by atoms with Crippen LogP contribution in [0.15, 0.2) is 82.6 Å². The van der Waals surface area contributed by atoms with E-state index in [1.54, 1.807) is 60.7 Å². The van der Waals surface area contributed by atoms with Crippen molar-refractivity contribution in [3.63, 3.8) is 0 Å². The Labute approximate surface area is 552 Å². The molecule has 4 aromatic rings. The monoisotopic (exact) mass is 1340 g/mol. The van der Waals surface area contributed by atoms with Gasteiger partial charge in [0.15, 0.2) is 9.84 Å². The first kappa shape index (κ1) is 69.0. The number of hydrogen-bond acceptors (Lipinski definition) is 17. The summed E-state index contributed by atoms with van der Waals surface area (Å²) in [6.45, 7) is 15.9. The zero-order valence-electron chi connectivity index (χ0n) is 52.7. The molecular formula is C66H88Cl2N12O10S2. The van der Waals surface area contributed by atoms with Gasteiger partial charge in [0, 0.05) is 101 Å². The number of nitrogens with one attached hydrogen (secondary N) is 6. The average Bonchev–Trinajstić information content (AvgIpc) is 1.62. The third-order valence-corrected chi connectivity index (χ3v) is 22.4. The molecule has 8 atom stereocenters. The maximum absolute atomic E-state index is 13.6. The van der Waals surface area contributed by atoms with Gasteiger partial charge in [-0.3, -0.25) is 14.7 Å². The van der Waals surface area contributed by atoms with Crippen LogP contribution >= 0.6 is 23.2 Å². The number of carbonyl (C=O) groups excluding carboxylic acids is 2. The molecule has 498 valence electrons. The molecule has 4 fully saturated rings. The lowest BCUT2D eigenvalue weighted by molar-refractivity contribution is 0.0505. The Balaban J connectivity index is 0.525. The zero-order valence-corrected chi connectivity index (χ0v) is 55.8. The molecule has 0 unspecified atom stereocenters. The van der Waals surface area contributed by atoms with E-state index >= 15 is 0 Å². The predicted molar refractivity (Wildman–Crippen MR) is 351 cm³/mol. The van der Waals surface area contributed by atoms with E-state index in [1.165, 1.54) is 6.42 Å². The highest BCUT2D eigenvalue weighted by molar-refractivity contribution is 7.91. The lowest BCUT2D eigenvalue weighted by atomic mass is 9.97. The number of nitriles is 2. The molecule has 4 saturated heterocycles. The minimum absolute atomic E-state index is 0.00645. The summed E-state index contributed by atoms with van der Waals surface area (Å²) in [5.74, 6) is 1.71. The first-order chi connectivity index (χ1) is 44.4. The number of benzene rings is 4. The highest BCUT2D eigenvalue weighted by Gasteiger charge is 2.43. The van der Waals surface area contributed by atoms with Crippen molar-refractivity contribution in [1.82, 2.24) is 50.9 Å². The summed E-state index contributed by atoms with van der Waals surface area (Å²) in [4.78, 5) is 34.3. The van der Waals surface area contributed by atoms with Crippen LogP contribution in [0.4, 0.5) is 9.59 Å². The molecule has 0 aromatic heterocycles. The molecule has 4 aromatic carbocycles. The molecule has 6 aliphatic rings. The molecule has 0 spiro atoms. The highest BCUT2D eigenvalue weighted by Crippen LogP contribution is 2.44. The van der Waals surface area contributed by atoms with Crippen molar-refractivity contribution in [2.45, 2.75) is 111 Å². The number of piperidine rings is 1. The van der Waals surface area contributed by atoms with Crippen LogP contribution in [0.5, 0.6) is 11.5 Å². The van der Waals surface area contributed by atoms with Crippen LogP contribution in [0, 0.1) is 34.5 Å². The third-order valence-electron chi connectivity index (χ3n) is 18.5. The van der Waals surface area contributed by atoms with Crippen LogP contribution in [0.1, 0.15) is 98.0 Å². The van der Waals surface area contributed by atoms with Crippen molar-refractivity contribution in [3.05, 3.63) is 116 Å². The van der Waals surface area contributed by atoms with Crippen molar-refractivity contribution in [3.8, 4) is 23.6 Å². The number of sulfonamides is 1. The Morgan fingerprint density at radius 1 is 0.620 bits per heavy atom. The fourth-order valence-corrected chi connectivity index (χ4v) is 17.2. The number of rotatable bonds is 29. The van der Waals surface area contributed by atoms with Gasteiger partial charge in [-0.25, -0.2) is 31.1 Å². The molecular weight excluding hydrogens is 1260 g/mol. The second kappa shape index (κ2) is 32.5. The SMILES string of the molecule is C[C@H]1CCCN([C@H]2Cc3c(C#N)cc(Cl)cc3[C@@H]2Oc2ccc(S(=O)(=O)C[C@H]3CCN(CCOCCNC(=O)NCCCCNC(=O)NCCOCCN4CC[C@H](NS(=O)(=O)c5ccc(O[C@H]6c7cc(Cl)cc(C#N)c7C[C@@H]6N6CCN[C@H](C)C6)cc5)C4)C3)cc2)C1. The fraction of sp³-hybridized carbons (Fsp3) is 0.576. The van der Waals surface area contributed by atoms with Crippen molar-refractivity contribution >= 4 is 55.1 Å². The fourth-order valence-electron chi connectivity index (χ4n) is 13.9. The molecule has 22 nitrogen and oxygen atoms in total. The number of halogens is 2. The summed E-state index contributed by atoms with van der Waals surface area (Å²) in [6, 6.07) is 24.5. The van der Waals surface area contributed by atoms with E-state index in [1.807, 2.05) is 12.1 Å². The van der Waals surface area contributed by atoms with Crippen molar-refractivity contribution < 1.29 is 45.4 Å². The first-order valence-corrected chi connectivity index (χ1v) is 36.4. The van der Waals surface area contributed by atoms with Gasteiger partial charge < -0.3 is 50.4 Å². The quantitative estimate of drug-likeness (QED) is 0.0321. The molecule has 4 amide bonds. The standard InChI is InChI=1S/C66H88Cl2N12O10S2/c1-45-6-5-22-79(40-45)61-36-57-48(38-69)32-50(67)34-59(57)63(61)89-53-7-11-55(12-8-53)91(83,84)44-47-15-23-77(42-47)26-30-87-28-20-74-65(81)72-17-3-4-18-73-66(82)75-21-29-88-31-27-78-24-16-52(43-78)76-92(85,86)56-13-9-54(10-14-56)90-64-60-35-51(68)33-49(39-70)58(60)37-62(64)80-25-19-71-46(2)41-80/h7-14,32-35,45-47,52,61-64,71,76H,3-6,15-31,36-37,40-44H2,1-2H3,(H2,72,74,81)(H2,73,75,82)/t45-,46+,47-,52-,61-,62-,63-,64-/m0/s1. The Bertz CT molecular complexity index is 3260. The van der Waals surface area contributed by atoms with Crippen LogP contribution < -0.4 is 40.8 Å². The number of unbranched alkanes of at least 4 members (excludes halogenated alkanes) is 1. The van der Waals surface area contributed by atoms with Gasteiger partial charge in [0.05, 0.1) is 77.3 Å². The molecule has 6 N–H and O–H groups in total. The minimum atomic E-state index is -3.81. The molecule has 0 bridgehead atoms. The zero-order chi connectivity index (χ0) is 64.8. The second-order valence-corrected chi connectivity index (χ2v) is 30.0. The second-order valence-electron chi connectivity index (χ2n) is 25.4. The van der Waals surface area contributed by atoms with Crippen molar-refractivity contribution in [1.29, 1.82) is 10.5 Å². The van der Waals surface area contributed by atoms with Gasteiger partial charge in [-0.1, -0.05) is 30.1 Å². The highest BCUT2D eigenvalue weighted by atomic mass is 35.5. The molecule has 26 heteroatoms. The van der Waals surface area contributed by atoms with Gasteiger partial charge in [0.2, 0.25) is 10.0 Å². The summed E-state index contributed by atoms with van der Waals surface area (Å²) in [6.07, 6.45) is 5.68. The first-order valence-electron chi connectivity index (χ1n) is 32.5. The number of piperazine rings is 1. The van der Waals surface area contributed by atoms with Gasteiger partial charge >= 0.3 is 12.1 Å². The number of likely N-dealkylation sites (tertiary alicyclic amines) is 3. The molecule has 10 rings (SSSR count). The van der Waals surface area contributed by atoms with Crippen molar-refractivity contribution in [2.24, 2.45) is 11.8 Å². The number of amides is 4. The van der Waals surface area contributed by atoms with E-state index in [-0.39, 0.29) is 63.9 Å². The van der Waals surface area contributed by atoms with E-state index in [2.05, 4.69) is 76.9 Å². The van der Waals surface area contributed by atoms with Gasteiger partial charge in [0.25, 0.3) is 0 Å². The Morgan fingerprint density at radius 2 is 1.14 bits per heavy atom. The van der Waals surface area contributed by atoms with E-state index in [4.69, 9.17) is 42.1 Å². The summed E-state index contributed by atoms with van der Waals surface area (Å²) in [5.41, 5.74) is 4.84. The van der Waals surface area contributed by atoms with Crippen LogP contribution in [-0.4, -0.2) is 203 Å². The number of ether oxygens (including phenoxy) is 4. The topological polar surface area (TPSA) is 272 Å². The number of sulfone groups is 1. The van der Waals surface area contributed by atoms with E-state index in [0.29, 0.717) is 162 Å². The maximum Gasteiger partial charge on any atom is 0.314 e. The Hall–Kier alpha value is -5.84. The molecule has 2 aliphatic carbocycles. The number of carbonyl (C=O) groups is 2. The third kappa shape index (κ3) is 18.5. The van der Waals surface area contributed by atoms with Gasteiger partial charge in [-0.05, 0) is 185 Å². The number of hydrogen-bond donors (Lipinski definition) is 6. The number of nitrogens with zero attached hydrogens (tertiary/aromatic N) is 6. The average molecular weight is 1340 g/mol. The van der Waals surface area contributed by atoms with E-state index in [0.717, 1.165) is 74.4 Å². The lowest BCUT2D eigenvalue weighted by Gasteiger charge is -2.38. The number of urea groups is 2. The summed E-state index contributed by atoms with van der Waals surface area (Å²) < 4.78 is 82.0. The Morgan fingerprint density at radius 3 is 1.68 bits per heavy atom. The minimum Gasteiger partial charge on any atom is -0.484 e. The summed E-state index contributed by atoms with van der Waals surface area (Å²) in [7, 11) is -7.36. The summed E-state index contributed by atoms with van der Waals surface area (Å²) >= 11 is 13.0. The molecule has 4 heterocycles. The van der Waals surface area contributed by atoms with Gasteiger partial charge in [0.1, 0.15) is 23.7 Å². The van der Waals surface area contributed by atoms with E-state index < -0.39 is 19.9 Å². The van der Waals surface area contributed by atoms with E-state index in [9.17, 15) is 36.9 Å². The molecule has 0 saturated carbocycles. The normalized spacial score (nSPS) is 23.7.